The predicted octanol–water partition coefficient (Wildman–Crippen LogP) is 3.59. The maximum atomic E-state index is 4.54. The van der Waals surface area contributed by atoms with Crippen LogP contribution in [0.15, 0.2) is 53.5 Å². The van der Waals surface area contributed by atoms with Crippen LogP contribution in [0.25, 0.3) is 16.8 Å². The summed E-state index contributed by atoms with van der Waals surface area (Å²) in [4.78, 5) is 6.75. The van der Waals surface area contributed by atoms with Gasteiger partial charge in [-0.25, -0.2) is 0 Å². The van der Waals surface area contributed by atoms with E-state index >= 15 is 0 Å². The molecule has 2 heteroatoms. The summed E-state index contributed by atoms with van der Waals surface area (Å²) in [5.41, 5.74) is 1.22. The molecular formula is C17H18N2. The lowest BCUT2D eigenvalue weighted by Crippen LogP contribution is -2.30. The zero-order valence-corrected chi connectivity index (χ0v) is 11.2. The van der Waals surface area contributed by atoms with E-state index in [1.807, 2.05) is 0 Å². The van der Waals surface area contributed by atoms with Gasteiger partial charge < -0.3 is 4.90 Å². The van der Waals surface area contributed by atoms with Gasteiger partial charge in [-0.1, -0.05) is 42.5 Å². The third-order valence-electron chi connectivity index (χ3n) is 3.51. The topological polar surface area (TPSA) is 15.6 Å². The first-order chi connectivity index (χ1) is 9.33. The number of hydrogen-bond donors (Lipinski definition) is 0. The van der Waals surface area contributed by atoms with Crippen molar-refractivity contribution in [3.8, 4) is 0 Å². The minimum absolute atomic E-state index is 0.946. The maximum absolute atomic E-state index is 4.54. The Balaban J connectivity index is 1.86. The highest BCUT2D eigenvalue weighted by molar-refractivity contribution is 5.97. The second-order valence-corrected chi connectivity index (χ2v) is 4.95. The van der Waals surface area contributed by atoms with E-state index in [0.29, 0.717) is 0 Å². The van der Waals surface area contributed by atoms with Crippen LogP contribution in [0, 0.1) is 0 Å². The molecule has 2 aromatic carbocycles. The van der Waals surface area contributed by atoms with Gasteiger partial charge in [-0.15, -0.1) is 0 Å². The lowest BCUT2D eigenvalue weighted by Gasteiger charge is -2.22. The normalized spacial score (nSPS) is 16.1. The summed E-state index contributed by atoms with van der Waals surface area (Å²) in [6.07, 6.45) is 5.42. The van der Waals surface area contributed by atoms with Crippen LogP contribution in [0.1, 0.15) is 12.0 Å². The molecule has 2 aromatic rings. The monoisotopic (exact) mass is 250 g/mol. The van der Waals surface area contributed by atoms with Crippen LogP contribution < -0.4 is 0 Å². The zero-order chi connectivity index (χ0) is 13.1. The molecule has 0 atom stereocenters. The van der Waals surface area contributed by atoms with Crippen molar-refractivity contribution in [2.24, 2.45) is 4.99 Å². The summed E-state index contributed by atoms with van der Waals surface area (Å²) >= 11 is 0. The number of hydrogen-bond acceptors (Lipinski definition) is 2. The van der Waals surface area contributed by atoms with Gasteiger partial charge >= 0.3 is 0 Å². The van der Waals surface area contributed by atoms with Crippen LogP contribution in [0.2, 0.25) is 0 Å². The van der Waals surface area contributed by atoms with Gasteiger partial charge in [-0.05, 0) is 34.9 Å². The lowest BCUT2D eigenvalue weighted by atomic mass is 10.1. The third kappa shape index (κ3) is 2.68. The minimum Gasteiger partial charge on any atom is -0.360 e. The Labute approximate surface area is 114 Å². The zero-order valence-electron chi connectivity index (χ0n) is 11.2. The molecule has 0 fully saturated rings. The maximum Gasteiger partial charge on any atom is 0.123 e. The van der Waals surface area contributed by atoms with E-state index in [-0.39, 0.29) is 0 Å². The van der Waals surface area contributed by atoms with E-state index in [0.717, 1.165) is 25.3 Å². The van der Waals surface area contributed by atoms with Gasteiger partial charge in [-0.2, -0.15) is 0 Å². The summed E-state index contributed by atoms with van der Waals surface area (Å²) < 4.78 is 0. The van der Waals surface area contributed by atoms with Crippen LogP contribution >= 0.6 is 0 Å². The fourth-order valence-corrected chi connectivity index (χ4v) is 2.40. The van der Waals surface area contributed by atoms with Crippen molar-refractivity contribution in [1.82, 2.24) is 4.90 Å². The summed E-state index contributed by atoms with van der Waals surface area (Å²) in [5, 5.41) is 2.57. The van der Waals surface area contributed by atoms with Crippen molar-refractivity contribution in [3.63, 3.8) is 0 Å². The Bertz CT molecular complexity index is 641. The first-order valence-electron chi connectivity index (χ1n) is 6.75. The highest BCUT2D eigenvalue weighted by Crippen LogP contribution is 2.16. The van der Waals surface area contributed by atoms with Crippen LogP contribution in [0.3, 0.4) is 0 Å². The first-order valence-corrected chi connectivity index (χ1v) is 6.75. The van der Waals surface area contributed by atoms with Crippen molar-refractivity contribution in [2.45, 2.75) is 6.42 Å². The molecular weight excluding hydrogens is 232 g/mol. The quantitative estimate of drug-likeness (QED) is 0.795. The molecule has 0 N–H and O–H groups in total. The summed E-state index contributed by atoms with van der Waals surface area (Å²) in [5.74, 6) is 1.08. The van der Waals surface area contributed by atoms with Crippen LogP contribution in [-0.4, -0.2) is 30.9 Å². The largest absolute Gasteiger partial charge is 0.360 e. The predicted molar refractivity (Wildman–Crippen MR) is 82.5 cm³/mol. The Hall–Kier alpha value is -2.09. The number of fused-ring (bicyclic) bond motifs is 1. The second-order valence-electron chi connectivity index (χ2n) is 4.95. The summed E-state index contributed by atoms with van der Waals surface area (Å²) in [7, 11) is 2.10. The van der Waals surface area contributed by atoms with Crippen LogP contribution in [-0.2, 0) is 0 Å². The Morgan fingerprint density at radius 3 is 2.74 bits per heavy atom. The van der Waals surface area contributed by atoms with E-state index in [1.165, 1.54) is 16.3 Å². The molecule has 19 heavy (non-hydrogen) atoms. The molecule has 0 spiro atoms. The van der Waals surface area contributed by atoms with Gasteiger partial charge in [0.25, 0.3) is 0 Å². The molecule has 3 rings (SSSR count). The molecule has 0 amide bonds. The van der Waals surface area contributed by atoms with E-state index in [2.05, 4.69) is 71.6 Å². The third-order valence-corrected chi connectivity index (χ3v) is 3.51. The Morgan fingerprint density at radius 2 is 1.89 bits per heavy atom. The van der Waals surface area contributed by atoms with E-state index in [9.17, 15) is 0 Å². The van der Waals surface area contributed by atoms with Gasteiger partial charge in [0.1, 0.15) is 5.84 Å². The minimum atomic E-state index is 0.946. The average molecular weight is 250 g/mol. The van der Waals surface area contributed by atoms with Crippen molar-refractivity contribution in [1.29, 1.82) is 0 Å². The SMILES string of the molecule is CN1CCCN=C1/C=C\c1ccc2ccccc2c1. The van der Waals surface area contributed by atoms with E-state index in [1.54, 1.807) is 0 Å². The number of likely N-dealkylation sites (N-methyl/N-ethyl adjacent to an activating group) is 1. The fraction of sp³-hybridized carbons (Fsp3) is 0.235. The first kappa shape index (κ1) is 12.0. The number of benzene rings is 2. The van der Waals surface area contributed by atoms with Gasteiger partial charge in [0.15, 0.2) is 0 Å². The van der Waals surface area contributed by atoms with Crippen molar-refractivity contribution >= 4 is 22.7 Å². The molecule has 2 nitrogen and oxygen atoms in total. The highest BCUT2D eigenvalue weighted by atomic mass is 15.2. The summed E-state index contributed by atoms with van der Waals surface area (Å²) in [6, 6.07) is 15.0. The second kappa shape index (κ2) is 5.27. The van der Waals surface area contributed by atoms with Gasteiger partial charge in [0.2, 0.25) is 0 Å². The highest BCUT2D eigenvalue weighted by Gasteiger charge is 2.06. The summed E-state index contributed by atoms with van der Waals surface area (Å²) in [6.45, 7) is 2.04. The molecule has 0 aromatic heterocycles. The molecule has 0 bridgehead atoms. The molecule has 0 saturated carbocycles. The van der Waals surface area contributed by atoms with E-state index < -0.39 is 0 Å². The van der Waals surface area contributed by atoms with Crippen LogP contribution in [0.4, 0.5) is 0 Å². The van der Waals surface area contributed by atoms with Crippen molar-refractivity contribution in [2.75, 3.05) is 20.1 Å². The molecule has 0 radical (unpaired) electrons. The smallest absolute Gasteiger partial charge is 0.123 e. The number of aliphatic imine (C=N–C) groups is 1. The van der Waals surface area contributed by atoms with Gasteiger partial charge in [0.05, 0.1) is 0 Å². The molecule has 0 unspecified atom stereocenters. The molecule has 96 valence electrons. The Kier molecular flexibility index (Phi) is 3.32. The van der Waals surface area contributed by atoms with Gasteiger partial charge in [-0.3, -0.25) is 4.99 Å². The standard InChI is InChI=1S/C17H18N2/c1-19-12-4-11-18-17(19)10-8-14-7-9-15-5-2-3-6-16(15)13-14/h2-3,5-10,13H,4,11-12H2,1H3/b10-8-. The molecule has 1 aliphatic heterocycles. The molecule has 1 heterocycles. The Morgan fingerprint density at radius 1 is 1.05 bits per heavy atom. The fourth-order valence-electron chi connectivity index (χ4n) is 2.40. The average Bonchev–Trinajstić information content (AvgIpc) is 2.46. The van der Waals surface area contributed by atoms with Gasteiger partial charge in [0, 0.05) is 20.1 Å². The molecule has 0 aliphatic carbocycles. The number of rotatable bonds is 2. The number of nitrogens with zero attached hydrogens (tertiary/aromatic N) is 2. The lowest BCUT2D eigenvalue weighted by molar-refractivity contribution is 0.470. The molecule has 0 saturated heterocycles. The van der Waals surface area contributed by atoms with Crippen molar-refractivity contribution in [3.05, 3.63) is 54.1 Å². The van der Waals surface area contributed by atoms with Crippen molar-refractivity contribution < 1.29 is 0 Å². The molecule has 1 aliphatic rings. The van der Waals surface area contributed by atoms with Crippen LogP contribution in [0.5, 0.6) is 0 Å². The number of amidine groups is 1. The van der Waals surface area contributed by atoms with E-state index in [4.69, 9.17) is 0 Å².